The highest BCUT2D eigenvalue weighted by molar-refractivity contribution is 5.77. The molecule has 2 aromatic carbocycles. The summed E-state index contributed by atoms with van der Waals surface area (Å²) < 4.78 is 18.8. The minimum atomic E-state index is -0.259. The average molecular weight is 391 g/mol. The third kappa shape index (κ3) is 4.84. The molecule has 0 spiro atoms. The van der Waals surface area contributed by atoms with Gasteiger partial charge in [0.2, 0.25) is 5.91 Å². The van der Waals surface area contributed by atoms with E-state index in [1.54, 1.807) is 23.4 Å². The van der Waals surface area contributed by atoms with Crippen molar-refractivity contribution in [1.29, 1.82) is 0 Å². The van der Waals surface area contributed by atoms with Gasteiger partial charge in [0.15, 0.2) is 0 Å². The summed E-state index contributed by atoms with van der Waals surface area (Å²) in [6, 6.07) is 16.2. The maximum absolute atomic E-state index is 13.2. The Kier molecular flexibility index (Phi) is 5.91. The first-order chi connectivity index (χ1) is 14.2. The highest BCUT2D eigenvalue weighted by Crippen LogP contribution is 2.22. The minimum Gasteiger partial charge on any atom is -0.367 e. The van der Waals surface area contributed by atoms with E-state index in [9.17, 15) is 9.18 Å². The smallest absolute Gasteiger partial charge is 0.248 e. The molecule has 6 heteroatoms. The number of rotatable bonds is 6. The van der Waals surface area contributed by atoms with Crippen LogP contribution in [-0.4, -0.2) is 33.9 Å². The summed E-state index contributed by atoms with van der Waals surface area (Å²) >= 11 is 0. The summed E-state index contributed by atoms with van der Waals surface area (Å²) in [5.41, 5.74) is 4.86. The lowest BCUT2D eigenvalue weighted by molar-refractivity contribution is -0.137. The molecular weight excluding hydrogens is 369 g/mol. The molecule has 2 heterocycles. The van der Waals surface area contributed by atoms with E-state index in [0.29, 0.717) is 32.5 Å². The number of hydrogen-bond acceptors (Lipinski definition) is 4. The molecule has 4 rings (SSSR count). The van der Waals surface area contributed by atoms with E-state index in [4.69, 9.17) is 4.74 Å². The van der Waals surface area contributed by atoms with Crippen LogP contribution in [0.2, 0.25) is 0 Å². The fourth-order valence-electron chi connectivity index (χ4n) is 3.48. The first kappa shape index (κ1) is 19.2. The van der Waals surface area contributed by atoms with Crippen molar-refractivity contribution in [3.8, 4) is 0 Å². The normalized spacial score (nSPS) is 13.2. The molecule has 0 unspecified atom stereocenters. The standard InChI is InChI=1S/C23H22FN3O2/c24-19-8-6-17(7-9-19)12-22-20-13-27(11-10-21(20)25-16-26-22)23(28)15-29-14-18-4-2-1-3-5-18/h1-9,16H,10-15H2. The van der Waals surface area contributed by atoms with Crippen LogP contribution >= 0.6 is 0 Å². The Balaban J connectivity index is 1.40. The molecule has 148 valence electrons. The van der Waals surface area contributed by atoms with Gasteiger partial charge in [-0.25, -0.2) is 14.4 Å². The van der Waals surface area contributed by atoms with Gasteiger partial charge in [0.25, 0.3) is 0 Å². The number of benzene rings is 2. The summed E-state index contributed by atoms with van der Waals surface area (Å²) in [7, 11) is 0. The second kappa shape index (κ2) is 8.92. The topological polar surface area (TPSA) is 55.3 Å². The van der Waals surface area contributed by atoms with Crippen LogP contribution in [0.3, 0.4) is 0 Å². The van der Waals surface area contributed by atoms with Gasteiger partial charge < -0.3 is 9.64 Å². The van der Waals surface area contributed by atoms with Crippen molar-refractivity contribution >= 4 is 5.91 Å². The molecule has 1 amide bonds. The van der Waals surface area contributed by atoms with Crippen LogP contribution in [0.5, 0.6) is 0 Å². The predicted molar refractivity (Wildman–Crippen MR) is 106 cm³/mol. The SMILES string of the molecule is O=C(COCc1ccccc1)N1CCc2ncnc(Cc3ccc(F)cc3)c2C1. The number of fused-ring (bicyclic) bond motifs is 1. The van der Waals surface area contributed by atoms with E-state index in [1.165, 1.54) is 12.1 Å². The maximum atomic E-state index is 13.2. The van der Waals surface area contributed by atoms with E-state index < -0.39 is 0 Å². The summed E-state index contributed by atoms with van der Waals surface area (Å²) in [5, 5.41) is 0. The molecule has 0 N–H and O–H groups in total. The van der Waals surface area contributed by atoms with Crippen molar-refractivity contribution in [2.24, 2.45) is 0 Å². The number of aromatic nitrogens is 2. The van der Waals surface area contributed by atoms with Crippen LogP contribution in [0, 0.1) is 5.82 Å². The quantitative estimate of drug-likeness (QED) is 0.647. The van der Waals surface area contributed by atoms with E-state index >= 15 is 0 Å². The lowest BCUT2D eigenvalue weighted by Crippen LogP contribution is -2.39. The van der Waals surface area contributed by atoms with Crippen molar-refractivity contribution in [3.05, 3.63) is 94.8 Å². The molecule has 0 radical (unpaired) electrons. The van der Waals surface area contributed by atoms with Gasteiger partial charge in [-0.2, -0.15) is 0 Å². The van der Waals surface area contributed by atoms with Crippen molar-refractivity contribution in [2.75, 3.05) is 13.2 Å². The third-order valence-electron chi connectivity index (χ3n) is 5.07. The molecule has 5 nitrogen and oxygen atoms in total. The van der Waals surface area contributed by atoms with Gasteiger partial charge in [-0.15, -0.1) is 0 Å². The highest BCUT2D eigenvalue weighted by Gasteiger charge is 2.24. The number of amides is 1. The number of halogens is 1. The molecule has 0 aliphatic carbocycles. The van der Waals surface area contributed by atoms with Crippen LogP contribution in [0.1, 0.15) is 28.1 Å². The van der Waals surface area contributed by atoms with Gasteiger partial charge in [-0.05, 0) is 23.3 Å². The summed E-state index contributed by atoms with van der Waals surface area (Å²) in [6.45, 7) is 1.55. The van der Waals surface area contributed by atoms with E-state index in [-0.39, 0.29) is 18.3 Å². The Morgan fingerprint density at radius 2 is 1.83 bits per heavy atom. The molecular formula is C23H22FN3O2. The maximum Gasteiger partial charge on any atom is 0.248 e. The summed E-state index contributed by atoms with van der Waals surface area (Å²) in [5.74, 6) is -0.297. The zero-order valence-electron chi connectivity index (χ0n) is 16.1. The third-order valence-corrected chi connectivity index (χ3v) is 5.07. The van der Waals surface area contributed by atoms with Crippen molar-refractivity contribution in [3.63, 3.8) is 0 Å². The summed E-state index contributed by atoms with van der Waals surface area (Å²) in [4.78, 5) is 23.2. The van der Waals surface area contributed by atoms with Gasteiger partial charge in [0, 0.05) is 31.5 Å². The van der Waals surface area contributed by atoms with Crippen LogP contribution in [0.15, 0.2) is 60.9 Å². The Labute approximate surface area is 169 Å². The van der Waals surface area contributed by atoms with Crippen LogP contribution in [0.25, 0.3) is 0 Å². The predicted octanol–water partition coefficient (Wildman–Crippen LogP) is 3.31. The number of carbonyl (C=O) groups excluding carboxylic acids is 1. The molecule has 0 bridgehead atoms. The first-order valence-corrected chi connectivity index (χ1v) is 9.64. The monoisotopic (exact) mass is 391 g/mol. The Morgan fingerprint density at radius 1 is 1.03 bits per heavy atom. The average Bonchev–Trinajstić information content (AvgIpc) is 2.76. The number of ether oxygens (including phenoxy) is 1. The Hall–Kier alpha value is -3.12. The molecule has 0 fully saturated rings. The number of hydrogen-bond donors (Lipinski definition) is 0. The van der Waals surface area contributed by atoms with E-state index in [2.05, 4.69) is 9.97 Å². The molecule has 0 saturated heterocycles. The van der Waals surface area contributed by atoms with Gasteiger partial charge in [-0.3, -0.25) is 4.79 Å². The first-order valence-electron chi connectivity index (χ1n) is 9.64. The van der Waals surface area contributed by atoms with Crippen LogP contribution in [0.4, 0.5) is 4.39 Å². The Morgan fingerprint density at radius 3 is 2.62 bits per heavy atom. The van der Waals surface area contributed by atoms with Crippen molar-refractivity contribution < 1.29 is 13.9 Å². The molecule has 3 aromatic rings. The van der Waals surface area contributed by atoms with Crippen molar-refractivity contribution in [2.45, 2.75) is 26.0 Å². The van der Waals surface area contributed by atoms with Gasteiger partial charge in [0.1, 0.15) is 18.8 Å². The van der Waals surface area contributed by atoms with E-state index in [1.807, 2.05) is 30.3 Å². The van der Waals surface area contributed by atoms with Gasteiger partial charge in [0.05, 0.1) is 18.0 Å². The van der Waals surface area contributed by atoms with Crippen LogP contribution < -0.4 is 0 Å². The second-order valence-electron chi connectivity index (χ2n) is 7.09. The molecule has 1 aliphatic rings. The molecule has 0 saturated carbocycles. The fraction of sp³-hybridized carbons (Fsp3) is 0.261. The van der Waals surface area contributed by atoms with Gasteiger partial charge >= 0.3 is 0 Å². The lowest BCUT2D eigenvalue weighted by atomic mass is 9.99. The fourth-order valence-corrected chi connectivity index (χ4v) is 3.48. The largest absolute Gasteiger partial charge is 0.367 e. The van der Waals surface area contributed by atoms with E-state index in [0.717, 1.165) is 28.1 Å². The summed E-state index contributed by atoms with van der Waals surface area (Å²) in [6.07, 6.45) is 2.84. The minimum absolute atomic E-state index is 0.0387. The molecule has 1 aliphatic heterocycles. The zero-order valence-corrected chi connectivity index (χ0v) is 16.1. The number of nitrogens with zero attached hydrogens (tertiary/aromatic N) is 3. The van der Waals surface area contributed by atoms with Crippen molar-refractivity contribution in [1.82, 2.24) is 14.9 Å². The van der Waals surface area contributed by atoms with Crippen LogP contribution in [-0.2, 0) is 35.5 Å². The Bertz CT molecular complexity index is 977. The van der Waals surface area contributed by atoms with Gasteiger partial charge in [-0.1, -0.05) is 42.5 Å². The molecule has 0 atom stereocenters. The second-order valence-corrected chi connectivity index (χ2v) is 7.09. The molecule has 29 heavy (non-hydrogen) atoms. The number of carbonyl (C=O) groups is 1. The lowest BCUT2D eigenvalue weighted by Gasteiger charge is -2.29. The zero-order chi connectivity index (χ0) is 20.1. The molecule has 1 aromatic heterocycles. The highest BCUT2D eigenvalue weighted by atomic mass is 19.1.